The molecule has 2 atom stereocenters. The molecular formula is C12H25NO. The van der Waals surface area contributed by atoms with Gasteiger partial charge in [0.05, 0.1) is 5.60 Å². The number of hydrogen-bond donors (Lipinski definition) is 2. The van der Waals surface area contributed by atoms with Gasteiger partial charge in [-0.3, -0.25) is 0 Å². The van der Waals surface area contributed by atoms with Crippen molar-refractivity contribution in [1.82, 2.24) is 5.32 Å². The molecule has 1 rings (SSSR count). The van der Waals surface area contributed by atoms with E-state index in [9.17, 15) is 5.11 Å². The van der Waals surface area contributed by atoms with E-state index in [-0.39, 0.29) is 0 Å². The molecule has 0 aliphatic heterocycles. The predicted octanol–water partition coefficient (Wildman–Crippen LogP) is 2.32. The van der Waals surface area contributed by atoms with E-state index < -0.39 is 5.60 Å². The summed E-state index contributed by atoms with van der Waals surface area (Å²) in [6.07, 6.45) is 6.14. The third-order valence-corrected chi connectivity index (χ3v) is 3.34. The van der Waals surface area contributed by atoms with E-state index in [1.807, 2.05) is 13.8 Å². The lowest BCUT2D eigenvalue weighted by molar-refractivity contribution is 0.0521. The lowest BCUT2D eigenvalue weighted by Gasteiger charge is -2.25. The fourth-order valence-corrected chi connectivity index (χ4v) is 1.64. The molecule has 1 aliphatic rings. The average molecular weight is 199 g/mol. The van der Waals surface area contributed by atoms with Gasteiger partial charge in [0.2, 0.25) is 0 Å². The molecule has 0 heterocycles. The van der Waals surface area contributed by atoms with E-state index in [1.54, 1.807) is 0 Å². The van der Waals surface area contributed by atoms with Crippen molar-refractivity contribution in [2.24, 2.45) is 5.92 Å². The molecule has 2 heteroatoms. The Morgan fingerprint density at radius 3 is 2.50 bits per heavy atom. The van der Waals surface area contributed by atoms with Crippen molar-refractivity contribution in [2.75, 3.05) is 6.54 Å². The molecule has 14 heavy (non-hydrogen) atoms. The van der Waals surface area contributed by atoms with Crippen LogP contribution in [0.2, 0.25) is 0 Å². The summed E-state index contributed by atoms with van der Waals surface area (Å²) in [5.41, 5.74) is -0.531. The molecule has 1 saturated carbocycles. The largest absolute Gasteiger partial charge is 0.389 e. The highest BCUT2D eigenvalue weighted by molar-refractivity contribution is 4.82. The molecule has 0 radical (unpaired) electrons. The Bertz CT molecular complexity index is 164. The van der Waals surface area contributed by atoms with Crippen molar-refractivity contribution >= 4 is 0 Å². The number of rotatable bonds is 7. The lowest BCUT2D eigenvalue weighted by Crippen LogP contribution is -2.42. The molecule has 2 nitrogen and oxygen atoms in total. The maximum Gasteiger partial charge on any atom is 0.0741 e. The van der Waals surface area contributed by atoms with Gasteiger partial charge in [-0.15, -0.1) is 0 Å². The van der Waals surface area contributed by atoms with E-state index in [0.717, 1.165) is 18.9 Å². The van der Waals surface area contributed by atoms with Crippen LogP contribution in [0.3, 0.4) is 0 Å². The number of hydrogen-bond acceptors (Lipinski definition) is 2. The zero-order chi connectivity index (χ0) is 10.6. The van der Waals surface area contributed by atoms with E-state index in [1.165, 1.54) is 25.7 Å². The zero-order valence-corrected chi connectivity index (χ0v) is 9.84. The molecule has 0 aromatic carbocycles. The molecular weight excluding hydrogens is 174 g/mol. The Kier molecular flexibility index (Phi) is 4.39. The maximum atomic E-state index is 9.85. The van der Waals surface area contributed by atoms with Crippen molar-refractivity contribution in [3.05, 3.63) is 0 Å². The first-order valence-corrected chi connectivity index (χ1v) is 6.03. The van der Waals surface area contributed by atoms with Gasteiger partial charge >= 0.3 is 0 Å². The van der Waals surface area contributed by atoms with E-state index in [0.29, 0.717) is 6.04 Å². The fraction of sp³-hybridized carbons (Fsp3) is 1.00. The minimum absolute atomic E-state index is 0.531. The summed E-state index contributed by atoms with van der Waals surface area (Å²) in [5, 5.41) is 13.3. The third kappa shape index (κ3) is 4.43. The summed E-state index contributed by atoms with van der Waals surface area (Å²) in [6.45, 7) is 6.89. The Labute approximate surface area is 88.1 Å². The van der Waals surface area contributed by atoms with Gasteiger partial charge in [-0.05, 0) is 32.1 Å². The second kappa shape index (κ2) is 5.13. The van der Waals surface area contributed by atoms with E-state index >= 15 is 0 Å². The molecule has 0 bridgehead atoms. The second-order valence-electron chi connectivity index (χ2n) is 5.02. The highest BCUT2D eigenvalue weighted by Gasteiger charge is 2.26. The predicted molar refractivity (Wildman–Crippen MR) is 60.3 cm³/mol. The first kappa shape index (κ1) is 12.0. The van der Waals surface area contributed by atoms with Crippen molar-refractivity contribution < 1.29 is 5.11 Å². The zero-order valence-electron chi connectivity index (χ0n) is 9.84. The van der Waals surface area contributed by atoms with Crippen LogP contribution in [-0.2, 0) is 0 Å². The van der Waals surface area contributed by atoms with Crippen LogP contribution in [-0.4, -0.2) is 23.3 Å². The van der Waals surface area contributed by atoms with E-state index in [2.05, 4.69) is 12.2 Å². The van der Waals surface area contributed by atoms with Gasteiger partial charge in [-0.25, -0.2) is 0 Å². The Hall–Kier alpha value is -0.0800. The normalized spacial score (nSPS) is 23.1. The summed E-state index contributed by atoms with van der Waals surface area (Å²) in [5.74, 6) is 0.971. The molecule has 0 aromatic heterocycles. The highest BCUT2D eigenvalue weighted by atomic mass is 16.3. The van der Waals surface area contributed by atoms with E-state index in [4.69, 9.17) is 0 Å². The van der Waals surface area contributed by atoms with Crippen LogP contribution >= 0.6 is 0 Å². The molecule has 2 N–H and O–H groups in total. The molecule has 1 fully saturated rings. The summed E-state index contributed by atoms with van der Waals surface area (Å²) in [4.78, 5) is 0. The van der Waals surface area contributed by atoms with Gasteiger partial charge in [0, 0.05) is 12.6 Å². The van der Waals surface area contributed by atoms with Crippen LogP contribution in [0.4, 0.5) is 0 Å². The SMILES string of the molecule is CCC(CC1CC1)NCC(C)(O)CC. The van der Waals surface area contributed by atoms with Gasteiger partial charge < -0.3 is 10.4 Å². The Morgan fingerprint density at radius 1 is 1.43 bits per heavy atom. The quantitative estimate of drug-likeness (QED) is 0.659. The first-order chi connectivity index (χ1) is 6.57. The van der Waals surface area contributed by atoms with Gasteiger partial charge in [-0.2, -0.15) is 0 Å². The monoisotopic (exact) mass is 199 g/mol. The molecule has 2 unspecified atom stereocenters. The topological polar surface area (TPSA) is 32.3 Å². The van der Waals surface area contributed by atoms with Crippen molar-refractivity contribution in [2.45, 2.75) is 64.5 Å². The fourth-order valence-electron chi connectivity index (χ4n) is 1.64. The lowest BCUT2D eigenvalue weighted by atomic mass is 10.0. The van der Waals surface area contributed by atoms with Crippen molar-refractivity contribution in [1.29, 1.82) is 0 Å². The molecule has 1 aliphatic carbocycles. The van der Waals surface area contributed by atoms with Crippen LogP contribution in [0.25, 0.3) is 0 Å². The van der Waals surface area contributed by atoms with Crippen LogP contribution in [0.15, 0.2) is 0 Å². The van der Waals surface area contributed by atoms with Gasteiger partial charge in [0.15, 0.2) is 0 Å². The minimum atomic E-state index is -0.531. The summed E-state index contributed by atoms with van der Waals surface area (Å²) in [6, 6.07) is 0.612. The molecule has 0 saturated heterocycles. The van der Waals surface area contributed by atoms with Gasteiger partial charge in [-0.1, -0.05) is 26.7 Å². The Balaban J connectivity index is 2.18. The van der Waals surface area contributed by atoms with Crippen LogP contribution < -0.4 is 5.32 Å². The van der Waals surface area contributed by atoms with Crippen LogP contribution in [0, 0.1) is 5.92 Å². The highest BCUT2D eigenvalue weighted by Crippen LogP contribution is 2.34. The average Bonchev–Trinajstić information content (AvgIpc) is 2.96. The van der Waals surface area contributed by atoms with Crippen molar-refractivity contribution in [3.63, 3.8) is 0 Å². The first-order valence-electron chi connectivity index (χ1n) is 6.03. The van der Waals surface area contributed by atoms with Gasteiger partial charge in [0.25, 0.3) is 0 Å². The maximum absolute atomic E-state index is 9.85. The summed E-state index contributed by atoms with van der Waals surface area (Å²) in [7, 11) is 0. The molecule has 0 spiro atoms. The molecule has 0 aromatic rings. The van der Waals surface area contributed by atoms with Gasteiger partial charge in [0.1, 0.15) is 0 Å². The minimum Gasteiger partial charge on any atom is -0.389 e. The molecule has 0 amide bonds. The molecule has 84 valence electrons. The van der Waals surface area contributed by atoms with Crippen LogP contribution in [0.5, 0.6) is 0 Å². The standard InChI is InChI=1S/C12H25NO/c1-4-11(8-10-6-7-10)13-9-12(3,14)5-2/h10-11,13-14H,4-9H2,1-3H3. The van der Waals surface area contributed by atoms with Crippen LogP contribution in [0.1, 0.15) is 52.9 Å². The number of aliphatic hydroxyl groups is 1. The third-order valence-electron chi connectivity index (χ3n) is 3.34. The Morgan fingerprint density at radius 2 is 2.07 bits per heavy atom. The summed E-state index contributed by atoms with van der Waals surface area (Å²) >= 11 is 0. The smallest absolute Gasteiger partial charge is 0.0741 e. The second-order valence-corrected chi connectivity index (χ2v) is 5.02. The van der Waals surface area contributed by atoms with Crippen molar-refractivity contribution in [3.8, 4) is 0 Å². The summed E-state index contributed by atoms with van der Waals surface area (Å²) < 4.78 is 0. The number of nitrogens with one attached hydrogen (secondary N) is 1.